The van der Waals surface area contributed by atoms with Crippen molar-refractivity contribution in [2.75, 3.05) is 6.61 Å². The molecule has 0 bridgehead atoms. The largest absolute Gasteiger partial charge is 0.394 e. The molecule has 0 aliphatic heterocycles. The van der Waals surface area contributed by atoms with Gasteiger partial charge in [0.25, 0.3) is 0 Å². The molecule has 0 atom stereocenters. The Morgan fingerprint density at radius 3 is 2.69 bits per heavy atom. The van der Waals surface area contributed by atoms with Crippen molar-refractivity contribution in [3.63, 3.8) is 0 Å². The first-order chi connectivity index (χ1) is 7.65. The van der Waals surface area contributed by atoms with Crippen molar-refractivity contribution in [2.45, 2.75) is 38.3 Å². The summed E-state index contributed by atoms with van der Waals surface area (Å²) in [5.41, 5.74) is 2.23. The van der Waals surface area contributed by atoms with E-state index in [1.165, 1.54) is 12.0 Å². The molecule has 2 N–H and O–H groups in total. The normalized spacial score (nSPS) is 18.2. The molecule has 1 fully saturated rings. The van der Waals surface area contributed by atoms with Crippen LogP contribution >= 0.6 is 11.6 Å². The predicted molar refractivity (Wildman–Crippen MR) is 66.7 cm³/mol. The van der Waals surface area contributed by atoms with Gasteiger partial charge < -0.3 is 10.4 Å². The van der Waals surface area contributed by atoms with Gasteiger partial charge in [-0.1, -0.05) is 23.7 Å². The fourth-order valence-electron chi connectivity index (χ4n) is 2.07. The van der Waals surface area contributed by atoms with Gasteiger partial charge in [-0.25, -0.2) is 0 Å². The Hall–Kier alpha value is -0.570. The van der Waals surface area contributed by atoms with Crippen LogP contribution in [-0.2, 0) is 6.54 Å². The van der Waals surface area contributed by atoms with Gasteiger partial charge in [0, 0.05) is 17.1 Å². The third kappa shape index (κ3) is 2.40. The molecule has 0 saturated heterocycles. The molecule has 3 heteroatoms. The van der Waals surface area contributed by atoms with Crippen LogP contribution in [0.25, 0.3) is 0 Å². The van der Waals surface area contributed by atoms with Crippen LogP contribution in [0.1, 0.15) is 30.4 Å². The van der Waals surface area contributed by atoms with Crippen molar-refractivity contribution in [3.05, 3.63) is 34.3 Å². The summed E-state index contributed by atoms with van der Waals surface area (Å²) in [6.45, 7) is 2.99. The van der Waals surface area contributed by atoms with Gasteiger partial charge in [-0.05, 0) is 43.4 Å². The molecular formula is C13H18ClNO. The Kier molecular flexibility index (Phi) is 3.53. The molecule has 88 valence electrons. The Morgan fingerprint density at radius 1 is 1.44 bits per heavy atom. The number of halogens is 1. The summed E-state index contributed by atoms with van der Waals surface area (Å²) >= 11 is 6.16. The fraction of sp³-hybridized carbons (Fsp3) is 0.538. The molecule has 1 aliphatic carbocycles. The van der Waals surface area contributed by atoms with Crippen molar-refractivity contribution in [2.24, 2.45) is 0 Å². The van der Waals surface area contributed by atoms with Crippen molar-refractivity contribution in [3.8, 4) is 0 Å². The lowest BCUT2D eigenvalue weighted by Crippen LogP contribution is -2.53. The van der Waals surface area contributed by atoms with Gasteiger partial charge in [-0.15, -0.1) is 0 Å². The lowest BCUT2D eigenvalue weighted by Gasteiger charge is -2.41. The first kappa shape index (κ1) is 11.9. The van der Waals surface area contributed by atoms with E-state index < -0.39 is 0 Å². The second-order valence-corrected chi connectivity index (χ2v) is 5.15. The molecule has 0 unspecified atom stereocenters. The maximum absolute atomic E-state index is 9.33. The molecule has 0 radical (unpaired) electrons. The Labute approximate surface area is 102 Å². The minimum Gasteiger partial charge on any atom is -0.394 e. The third-order valence-electron chi connectivity index (χ3n) is 3.48. The summed E-state index contributed by atoms with van der Waals surface area (Å²) in [5.74, 6) is 0. The minimum absolute atomic E-state index is 0.0474. The summed E-state index contributed by atoms with van der Waals surface area (Å²) < 4.78 is 0. The van der Waals surface area contributed by atoms with E-state index in [1.54, 1.807) is 0 Å². The van der Waals surface area contributed by atoms with Crippen molar-refractivity contribution in [1.82, 2.24) is 5.32 Å². The summed E-state index contributed by atoms with van der Waals surface area (Å²) in [7, 11) is 0. The molecule has 0 aromatic heterocycles. The number of rotatable bonds is 4. The average molecular weight is 240 g/mol. The zero-order valence-electron chi connectivity index (χ0n) is 9.59. The summed E-state index contributed by atoms with van der Waals surface area (Å²) in [6.07, 6.45) is 3.33. The second-order valence-electron chi connectivity index (χ2n) is 4.74. The number of aliphatic hydroxyl groups excluding tert-OH is 1. The molecule has 2 rings (SSSR count). The zero-order valence-corrected chi connectivity index (χ0v) is 10.3. The molecule has 0 heterocycles. The van der Waals surface area contributed by atoms with E-state index >= 15 is 0 Å². The van der Waals surface area contributed by atoms with Crippen molar-refractivity contribution < 1.29 is 5.11 Å². The van der Waals surface area contributed by atoms with Crippen LogP contribution in [0.2, 0.25) is 5.02 Å². The van der Waals surface area contributed by atoms with Crippen LogP contribution in [0.4, 0.5) is 0 Å². The lowest BCUT2D eigenvalue weighted by molar-refractivity contribution is 0.0872. The van der Waals surface area contributed by atoms with E-state index in [4.69, 9.17) is 11.6 Å². The first-order valence-corrected chi connectivity index (χ1v) is 6.14. The van der Waals surface area contributed by atoms with Gasteiger partial charge in [0.05, 0.1) is 6.61 Å². The van der Waals surface area contributed by atoms with Crippen LogP contribution in [-0.4, -0.2) is 17.3 Å². The molecule has 1 aromatic rings. The van der Waals surface area contributed by atoms with Gasteiger partial charge in [0.2, 0.25) is 0 Å². The Morgan fingerprint density at radius 2 is 2.19 bits per heavy atom. The van der Waals surface area contributed by atoms with Crippen molar-refractivity contribution >= 4 is 11.6 Å². The number of hydrogen-bond donors (Lipinski definition) is 2. The van der Waals surface area contributed by atoms with Crippen molar-refractivity contribution in [1.29, 1.82) is 0 Å². The average Bonchev–Trinajstić information content (AvgIpc) is 2.19. The molecule has 16 heavy (non-hydrogen) atoms. The first-order valence-electron chi connectivity index (χ1n) is 5.76. The summed E-state index contributed by atoms with van der Waals surface area (Å²) in [4.78, 5) is 0. The molecule has 1 aliphatic rings. The van der Waals surface area contributed by atoms with Crippen LogP contribution in [0.5, 0.6) is 0 Å². The van der Waals surface area contributed by atoms with E-state index in [2.05, 4.69) is 17.4 Å². The molecule has 1 saturated carbocycles. The molecule has 2 nitrogen and oxygen atoms in total. The number of aliphatic hydroxyl groups is 1. The Balaban J connectivity index is 1.99. The third-order valence-corrected chi connectivity index (χ3v) is 3.83. The summed E-state index contributed by atoms with van der Waals surface area (Å²) in [6, 6.07) is 6.09. The highest BCUT2D eigenvalue weighted by Crippen LogP contribution is 2.31. The van der Waals surface area contributed by atoms with Crippen LogP contribution < -0.4 is 5.32 Å². The van der Waals surface area contributed by atoms with E-state index in [0.29, 0.717) is 0 Å². The summed E-state index contributed by atoms with van der Waals surface area (Å²) in [5, 5.41) is 13.6. The highest BCUT2D eigenvalue weighted by atomic mass is 35.5. The smallest absolute Gasteiger partial charge is 0.0613 e. The quantitative estimate of drug-likeness (QED) is 0.847. The Bertz CT molecular complexity index is 369. The maximum Gasteiger partial charge on any atom is 0.0613 e. The standard InChI is InChI=1S/C13H18ClNO/c1-10-3-4-11(12(14)7-10)8-15-13(9-16)5-2-6-13/h3-4,7,15-16H,2,5-6,8-9H2,1H3. The zero-order chi connectivity index (χ0) is 11.6. The van der Waals surface area contributed by atoms with Gasteiger partial charge in [-0.3, -0.25) is 0 Å². The van der Waals surface area contributed by atoms with Crippen LogP contribution in [0.15, 0.2) is 18.2 Å². The maximum atomic E-state index is 9.33. The number of aryl methyl sites for hydroxylation is 1. The number of benzene rings is 1. The molecular weight excluding hydrogens is 222 g/mol. The number of hydrogen-bond acceptors (Lipinski definition) is 2. The second kappa shape index (κ2) is 4.74. The highest BCUT2D eigenvalue weighted by Gasteiger charge is 2.35. The molecule has 0 spiro atoms. The lowest BCUT2D eigenvalue weighted by atomic mass is 9.77. The minimum atomic E-state index is -0.0474. The van der Waals surface area contributed by atoms with Gasteiger partial charge in [-0.2, -0.15) is 0 Å². The molecule has 1 aromatic carbocycles. The topological polar surface area (TPSA) is 32.3 Å². The highest BCUT2D eigenvalue weighted by molar-refractivity contribution is 6.31. The monoisotopic (exact) mass is 239 g/mol. The van der Waals surface area contributed by atoms with E-state index in [0.717, 1.165) is 30.0 Å². The fourth-order valence-corrected chi connectivity index (χ4v) is 2.37. The SMILES string of the molecule is Cc1ccc(CNC2(CO)CCC2)c(Cl)c1. The van der Waals surface area contributed by atoms with Gasteiger partial charge in [0.1, 0.15) is 0 Å². The number of nitrogens with one attached hydrogen (secondary N) is 1. The van der Waals surface area contributed by atoms with Crippen LogP contribution in [0, 0.1) is 6.92 Å². The van der Waals surface area contributed by atoms with E-state index in [1.807, 2.05) is 13.0 Å². The van der Waals surface area contributed by atoms with Gasteiger partial charge in [0.15, 0.2) is 0 Å². The van der Waals surface area contributed by atoms with E-state index in [9.17, 15) is 5.11 Å². The van der Waals surface area contributed by atoms with Gasteiger partial charge >= 0.3 is 0 Å². The predicted octanol–water partition coefficient (Wildman–Crippen LogP) is 2.65. The molecule has 0 amide bonds. The van der Waals surface area contributed by atoms with Crippen LogP contribution in [0.3, 0.4) is 0 Å². The van der Waals surface area contributed by atoms with E-state index in [-0.39, 0.29) is 12.1 Å².